The summed E-state index contributed by atoms with van der Waals surface area (Å²) in [6.07, 6.45) is -0.216. The lowest BCUT2D eigenvalue weighted by molar-refractivity contribution is -0.137. The van der Waals surface area contributed by atoms with Gasteiger partial charge in [-0.05, 0) is 53.6 Å². The molecule has 1 N–H and O–H groups in total. The van der Waals surface area contributed by atoms with Gasteiger partial charge in [-0.15, -0.1) is 0 Å². The van der Waals surface area contributed by atoms with Crippen molar-refractivity contribution in [2.24, 2.45) is 0 Å². The second-order valence-electron chi connectivity index (χ2n) is 5.93. The van der Waals surface area contributed by atoms with Gasteiger partial charge in [0.05, 0.1) is 6.42 Å². The minimum atomic E-state index is -1.02. The summed E-state index contributed by atoms with van der Waals surface area (Å²) in [5.74, 6) is -5.18. The average Bonchev–Trinajstić information content (AvgIpc) is 2.66. The molecule has 0 saturated heterocycles. The van der Waals surface area contributed by atoms with Crippen molar-refractivity contribution in [3.8, 4) is 0 Å². The Morgan fingerprint density at radius 1 is 0.828 bits per heavy atom. The number of hydrogen-bond donors (Lipinski definition) is 1. The van der Waals surface area contributed by atoms with Crippen LogP contribution in [0, 0.1) is 23.3 Å². The van der Waals surface area contributed by atoms with Crippen molar-refractivity contribution in [3.63, 3.8) is 0 Å². The van der Waals surface area contributed by atoms with Gasteiger partial charge in [-0.2, -0.15) is 0 Å². The molecule has 1 atom stereocenters. The van der Waals surface area contributed by atoms with E-state index in [1.807, 2.05) is 0 Å². The van der Waals surface area contributed by atoms with Gasteiger partial charge in [0.15, 0.2) is 23.3 Å². The molecule has 2 nitrogen and oxygen atoms in total. The van der Waals surface area contributed by atoms with Crippen molar-refractivity contribution in [3.05, 3.63) is 105 Å². The Labute approximate surface area is 177 Å². The molecule has 0 heterocycles. The van der Waals surface area contributed by atoms with Crippen LogP contribution in [0.15, 0.2) is 65.1 Å². The molecule has 0 amide bonds. The quantitative estimate of drug-likeness (QED) is 0.318. The van der Waals surface area contributed by atoms with Crippen molar-refractivity contribution in [1.82, 2.24) is 0 Å². The zero-order chi connectivity index (χ0) is 21.6. The van der Waals surface area contributed by atoms with Gasteiger partial charge in [-0.25, -0.2) is 17.6 Å². The summed E-state index contributed by atoms with van der Waals surface area (Å²) in [5.41, 5.74) is 1.09. The van der Waals surface area contributed by atoms with Crippen LogP contribution < -0.4 is 0 Å². The molecule has 0 saturated carbocycles. The Morgan fingerprint density at radius 3 is 1.83 bits per heavy atom. The number of rotatable bonds is 4. The maximum atomic E-state index is 13.3. The maximum Gasteiger partial charge on any atom is 0.304 e. The van der Waals surface area contributed by atoms with Crippen molar-refractivity contribution in [1.29, 1.82) is 0 Å². The van der Waals surface area contributed by atoms with Crippen LogP contribution >= 0.6 is 27.5 Å². The molecule has 0 aliphatic carbocycles. The van der Waals surface area contributed by atoms with Gasteiger partial charge < -0.3 is 5.11 Å². The Bertz CT molecular complexity index is 996. The summed E-state index contributed by atoms with van der Waals surface area (Å²) in [5, 5.41) is 9.51. The van der Waals surface area contributed by atoms with E-state index in [0.29, 0.717) is 20.6 Å². The highest BCUT2D eigenvalue weighted by Crippen LogP contribution is 2.30. The summed E-state index contributed by atoms with van der Waals surface area (Å²) in [6.45, 7) is 0. The van der Waals surface area contributed by atoms with Crippen LogP contribution in [0.3, 0.4) is 0 Å². The van der Waals surface area contributed by atoms with E-state index >= 15 is 0 Å². The van der Waals surface area contributed by atoms with E-state index in [0.717, 1.165) is 24.3 Å². The summed E-state index contributed by atoms with van der Waals surface area (Å²) in [7, 11) is 0. The van der Waals surface area contributed by atoms with Gasteiger partial charge in [-0.3, -0.25) is 4.79 Å². The van der Waals surface area contributed by atoms with E-state index in [1.165, 1.54) is 12.1 Å². The molecule has 152 valence electrons. The van der Waals surface area contributed by atoms with E-state index in [1.54, 1.807) is 24.3 Å². The van der Waals surface area contributed by atoms with E-state index in [4.69, 9.17) is 16.7 Å². The number of aliphatic carboxylic acids is 1. The van der Waals surface area contributed by atoms with Crippen LogP contribution in [0.5, 0.6) is 0 Å². The molecule has 3 aromatic carbocycles. The number of carboxylic acids is 1. The molecule has 1 unspecified atom stereocenters. The standard InChI is InChI=1S/C15H11ClF2O2.C6H3BrF2/c16-11-4-1-9(2-5-11)12(8-15(19)20)10-3-6-13(17)14(18)7-10;7-4-1-2-5(8)6(9)3-4/h1-7,12H,8H2,(H,19,20);1-3H. The van der Waals surface area contributed by atoms with Gasteiger partial charge in [-0.1, -0.05) is 45.7 Å². The smallest absolute Gasteiger partial charge is 0.304 e. The van der Waals surface area contributed by atoms with Gasteiger partial charge in [0.1, 0.15) is 0 Å². The highest BCUT2D eigenvalue weighted by Gasteiger charge is 2.19. The molecule has 8 heteroatoms. The predicted octanol–water partition coefficient (Wildman–Crippen LogP) is 6.95. The molecular formula is C21H14BrClF4O2. The zero-order valence-corrected chi connectivity index (χ0v) is 17.0. The molecule has 3 aromatic rings. The molecule has 0 aliphatic rings. The van der Waals surface area contributed by atoms with Crippen molar-refractivity contribution in [2.75, 3.05) is 0 Å². The summed E-state index contributed by atoms with van der Waals surface area (Å²) in [4.78, 5) is 11.0. The highest BCUT2D eigenvalue weighted by molar-refractivity contribution is 9.10. The molecule has 3 rings (SSSR count). The molecule has 0 radical (unpaired) electrons. The SMILES string of the molecule is Fc1ccc(Br)cc1F.O=C(O)CC(c1ccc(Cl)cc1)c1ccc(F)c(F)c1. The average molecular weight is 490 g/mol. The van der Waals surface area contributed by atoms with Gasteiger partial charge in [0, 0.05) is 15.4 Å². The fraction of sp³-hybridized carbons (Fsp3) is 0.0952. The van der Waals surface area contributed by atoms with Crippen LogP contribution in [0.1, 0.15) is 23.5 Å². The van der Waals surface area contributed by atoms with Gasteiger partial charge in [0.2, 0.25) is 0 Å². The lowest BCUT2D eigenvalue weighted by atomic mass is 9.88. The van der Waals surface area contributed by atoms with Crippen LogP contribution in [-0.2, 0) is 4.79 Å². The molecule has 0 aromatic heterocycles. The Morgan fingerprint density at radius 2 is 1.34 bits per heavy atom. The lowest BCUT2D eigenvalue weighted by Crippen LogP contribution is -2.08. The van der Waals surface area contributed by atoms with E-state index in [9.17, 15) is 22.4 Å². The Hall–Kier alpha value is -2.38. The summed E-state index contributed by atoms with van der Waals surface area (Å²) >= 11 is 8.78. The van der Waals surface area contributed by atoms with Crippen LogP contribution in [0.25, 0.3) is 0 Å². The predicted molar refractivity (Wildman–Crippen MR) is 106 cm³/mol. The second kappa shape index (κ2) is 10.4. The molecular weight excluding hydrogens is 476 g/mol. The minimum Gasteiger partial charge on any atom is -0.481 e. The number of benzene rings is 3. The van der Waals surface area contributed by atoms with Crippen molar-refractivity contribution in [2.45, 2.75) is 12.3 Å². The Balaban J connectivity index is 0.000000278. The zero-order valence-electron chi connectivity index (χ0n) is 14.7. The maximum absolute atomic E-state index is 13.3. The van der Waals surface area contributed by atoms with E-state index in [2.05, 4.69) is 15.9 Å². The van der Waals surface area contributed by atoms with Gasteiger partial charge in [0.25, 0.3) is 0 Å². The third-order valence-corrected chi connectivity index (χ3v) is 4.62. The molecule has 0 bridgehead atoms. The number of halogens is 6. The van der Waals surface area contributed by atoms with Crippen molar-refractivity contribution >= 4 is 33.5 Å². The number of carbonyl (C=O) groups is 1. The van der Waals surface area contributed by atoms with E-state index < -0.39 is 35.2 Å². The lowest BCUT2D eigenvalue weighted by Gasteiger charge is -2.16. The molecule has 0 spiro atoms. The van der Waals surface area contributed by atoms with Gasteiger partial charge >= 0.3 is 5.97 Å². The van der Waals surface area contributed by atoms with Crippen LogP contribution in [-0.4, -0.2) is 11.1 Å². The molecule has 0 aliphatic heterocycles. The fourth-order valence-corrected chi connectivity index (χ4v) is 2.96. The van der Waals surface area contributed by atoms with Crippen LogP contribution in [0.4, 0.5) is 17.6 Å². The van der Waals surface area contributed by atoms with E-state index in [-0.39, 0.29) is 6.42 Å². The number of hydrogen-bond acceptors (Lipinski definition) is 1. The van der Waals surface area contributed by atoms with Crippen molar-refractivity contribution < 1.29 is 27.5 Å². The topological polar surface area (TPSA) is 37.3 Å². The van der Waals surface area contributed by atoms with Crippen LogP contribution in [0.2, 0.25) is 5.02 Å². The second-order valence-corrected chi connectivity index (χ2v) is 7.29. The first-order chi connectivity index (χ1) is 13.7. The third-order valence-electron chi connectivity index (χ3n) is 3.88. The fourth-order valence-electron chi connectivity index (χ4n) is 2.50. The first-order valence-electron chi connectivity index (χ1n) is 8.20. The number of carboxylic acid groups (broad SMARTS) is 1. The summed E-state index contributed by atoms with van der Waals surface area (Å²) in [6, 6.07) is 13.6. The summed E-state index contributed by atoms with van der Waals surface area (Å²) < 4.78 is 51.1. The molecule has 0 fully saturated rings. The first-order valence-corrected chi connectivity index (χ1v) is 9.37. The monoisotopic (exact) mass is 488 g/mol. The largest absolute Gasteiger partial charge is 0.481 e. The first kappa shape index (κ1) is 22.9. The Kier molecular flexibility index (Phi) is 8.22. The third kappa shape index (κ3) is 6.87. The minimum absolute atomic E-state index is 0.216. The normalized spacial score (nSPS) is 11.4. The molecule has 29 heavy (non-hydrogen) atoms. The highest BCUT2D eigenvalue weighted by atomic mass is 79.9.